The average Bonchev–Trinajstić information content (AvgIpc) is 2.26. The highest BCUT2D eigenvalue weighted by molar-refractivity contribution is 5.65. The maximum atomic E-state index is 10.7. The van der Waals surface area contributed by atoms with E-state index in [1.807, 2.05) is 5.43 Å². The zero-order valence-corrected chi connectivity index (χ0v) is 7.80. The Hall–Kier alpha value is -2.15. The molecule has 1 amide bonds. The molecule has 0 aromatic heterocycles. The Balaban J connectivity index is 2.57. The van der Waals surface area contributed by atoms with Gasteiger partial charge in [0.25, 0.3) is 5.69 Å². The third-order valence-corrected chi connectivity index (χ3v) is 1.66. The molecular formula is C8H10N3O4+. The van der Waals surface area contributed by atoms with Crippen molar-refractivity contribution in [3.8, 4) is 0 Å². The number of rotatable bonds is 3. The molecule has 0 aliphatic carbocycles. The molecule has 0 heterocycles. The molecular weight excluding hydrogens is 202 g/mol. The molecule has 0 aliphatic heterocycles. The lowest BCUT2D eigenvalue weighted by Gasteiger charge is -2.01. The van der Waals surface area contributed by atoms with E-state index in [4.69, 9.17) is 4.74 Å². The molecule has 0 atom stereocenters. The van der Waals surface area contributed by atoms with Gasteiger partial charge in [0, 0.05) is 12.1 Å². The lowest BCUT2D eigenvalue weighted by atomic mass is 10.2. The molecule has 0 spiro atoms. The Morgan fingerprint density at radius 2 is 2.07 bits per heavy atom. The summed E-state index contributed by atoms with van der Waals surface area (Å²) in [6.45, 7) is 0.0549. The molecule has 0 saturated carbocycles. The maximum absolute atomic E-state index is 10.7. The first kappa shape index (κ1) is 10.9. The van der Waals surface area contributed by atoms with Crippen LogP contribution in [0.5, 0.6) is 0 Å². The number of hydrogen-bond acceptors (Lipinski definition) is 4. The van der Waals surface area contributed by atoms with E-state index < -0.39 is 11.0 Å². The second kappa shape index (κ2) is 4.91. The van der Waals surface area contributed by atoms with Crippen molar-refractivity contribution < 1.29 is 20.3 Å². The van der Waals surface area contributed by atoms with E-state index >= 15 is 0 Å². The van der Waals surface area contributed by atoms with E-state index in [0.717, 1.165) is 0 Å². The Morgan fingerprint density at radius 1 is 1.47 bits per heavy atom. The number of benzene rings is 1. The number of nitrogens with one attached hydrogen (secondary N) is 1. The van der Waals surface area contributed by atoms with E-state index in [9.17, 15) is 14.9 Å². The number of amides is 1. The van der Waals surface area contributed by atoms with Crippen LogP contribution in [-0.4, -0.2) is 11.0 Å². The van der Waals surface area contributed by atoms with Crippen LogP contribution in [0.15, 0.2) is 24.3 Å². The molecule has 0 aliphatic rings. The minimum absolute atomic E-state index is 0.000333. The second-order valence-electron chi connectivity index (χ2n) is 2.68. The number of carbonyl (C=O) groups is 1. The van der Waals surface area contributed by atoms with E-state index in [0.29, 0.717) is 5.56 Å². The van der Waals surface area contributed by atoms with Crippen molar-refractivity contribution in [1.82, 2.24) is 5.43 Å². The van der Waals surface area contributed by atoms with Crippen molar-refractivity contribution in [2.24, 2.45) is 0 Å². The predicted octanol–water partition coefficient (Wildman–Crippen LogP) is -0.0221. The Labute approximate surface area is 84.9 Å². The summed E-state index contributed by atoms with van der Waals surface area (Å²) in [5.41, 5.74) is 2.72. The van der Waals surface area contributed by atoms with Gasteiger partial charge in [-0.25, -0.2) is 4.79 Å². The van der Waals surface area contributed by atoms with Crippen LogP contribution in [0, 0.1) is 10.1 Å². The van der Waals surface area contributed by atoms with Crippen molar-refractivity contribution in [1.29, 1.82) is 0 Å². The molecule has 7 nitrogen and oxygen atoms in total. The van der Waals surface area contributed by atoms with E-state index in [2.05, 4.69) is 5.84 Å². The molecule has 0 fully saturated rings. The Morgan fingerprint density at radius 3 is 2.53 bits per heavy atom. The first-order valence-electron chi connectivity index (χ1n) is 4.06. The van der Waals surface area contributed by atoms with Crippen molar-refractivity contribution >= 4 is 11.8 Å². The van der Waals surface area contributed by atoms with Crippen LogP contribution in [-0.2, 0) is 11.3 Å². The van der Waals surface area contributed by atoms with Gasteiger partial charge in [-0.05, 0) is 17.7 Å². The van der Waals surface area contributed by atoms with Crippen LogP contribution < -0.4 is 11.3 Å². The molecule has 7 heteroatoms. The van der Waals surface area contributed by atoms with Gasteiger partial charge in [-0.15, -0.1) is 0 Å². The summed E-state index contributed by atoms with van der Waals surface area (Å²) in [6, 6.07) is 5.74. The largest absolute Gasteiger partial charge is 0.452 e. The van der Waals surface area contributed by atoms with Crippen molar-refractivity contribution in [3.05, 3.63) is 39.9 Å². The van der Waals surface area contributed by atoms with Gasteiger partial charge in [0.1, 0.15) is 6.61 Å². The van der Waals surface area contributed by atoms with Crippen LogP contribution in [0.25, 0.3) is 0 Å². The Kier molecular flexibility index (Phi) is 3.58. The van der Waals surface area contributed by atoms with Crippen LogP contribution in [0.1, 0.15) is 5.56 Å². The summed E-state index contributed by atoms with van der Waals surface area (Å²) in [7, 11) is 0. The fraction of sp³-hybridized carbons (Fsp3) is 0.125. The molecule has 0 radical (unpaired) electrons. The number of carbonyl (C=O) groups excluding carboxylic acids is 1. The highest BCUT2D eigenvalue weighted by atomic mass is 16.6. The van der Waals surface area contributed by atoms with Crippen molar-refractivity contribution in [2.45, 2.75) is 6.61 Å². The second-order valence-corrected chi connectivity index (χ2v) is 2.68. The van der Waals surface area contributed by atoms with Gasteiger partial charge in [0.15, 0.2) is 0 Å². The summed E-state index contributed by atoms with van der Waals surface area (Å²) in [6.07, 6.45) is -0.645. The Bertz CT molecular complexity index is 363. The highest BCUT2D eigenvalue weighted by Crippen LogP contribution is 2.12. The third-order valence-electron chi connectivity index (χ3n) is 1.66. The maximum Gasteiger partial charge on any atom is 0.452 e. The molecule has 1 aromatic carbocycles. The molecule has 4 N–H and O–H groups in total. The SMILES string of the molecule is [NH3+]NC(=O)OCc1ccc([N+](=O)[O-])cc1. The average molecular weight is 212 g/mol. The zero-order valence-electron chi connectivity index (χ0n) is 7.80. The minimum Gasteiger partial charge on any atom is -0.442 e. The molecule has 0 unspecified atom stereocenters. The van der Waals surface area contributed by atoms with Gasteiger partial charge in [0.05, 0.1) is 4.92 Å². The fourth-order valence-corrected chi connectivity index (χ4v) is 0.914. The van der Waals surface area contributed by atoms with E-state index in [-0.39, 0.29) is 12.3 Å². The van der Waals surface area contributed by atoms with Crippen LogP contribution in [0.3, 0.4) is 0 Å². The fourth-order valence-electron chi connectivity index (χ4n) is 0.914. The zero-order chi connectivity index (χ0) is 11.3. The monoisotopic (exact) mass is 212 g/mol. The number of quaternary nitrogens is 1. The topological polar surface area (TPSA) is 109 Å². The van der Waals surface area contributed by atoms with Gasteiger partial charge < -0.3 is 4.74 Å². The summed E-state index contributed by atoms with van der Waals surface area (Å²) in [4.78, 5) is 20.5. The summed E-state index contributed by atoms with van der Waals surface area (Å²) < 4.78 is 4.70. The quantitative estimate of drug-likeness (QED) is 0.541. The number of ether oxygens (including phenoxy) is 1. The number of nitrogens with zero attached hydrogens (tertiary/aromatic N) is 1. The molecule has 1 rings (SSSR count). The first-order valence-corrected chi connectivity index (χ1v) is 4.06. The van der Waals surface area contributed by atoms with Crippen molar-refractivity contribution in [3.63, 3.8) is 0 Å². The molecule has 0 saturated heterocycles. The normalized spacial score (nSPS) is 9.40. The standard InChI is InChI=1S/C8H9N3O4/c9-10-8(12)15-5-6-1-3-7(4-2-6)11(13)14/h1-4H,5,9H2,(H,10,12)/p+1. The van der Waals surface area contributed by atoms with Gasteiger partial charge >= 0.3 is 6.09 Å². The number of non-ortho nitro benzene ring substituents is 1. The summed E-state index contributed by atoms with van der Waals surface area (Å²) >= 11 is 0. The lowest BCUT2D eigenvalue weighted by molar-refractivity contribution is -0.426. The van der Waals surface area contributed by atoms with Gasteiger partial charge in [-0.3, -0.25) is 16.0 Å². The smallest absolute Gasteiger partial charge is 0.442 e. The molecule has 80 valence electrons. The highest BCUT2D eigenvalue weighted by Gasteiger charge is 2.05. The van der Waals surface area contributed by atoms with E-state index in [1.165, 1.54) is 24.3 Å². The van der Waals surface area contributed by atoms with E-state index in [1.54, 1.807) is 0 Å². The number of hydrogen-bond donors (Lipinski definition) is 2. The molecule has 15 heavy (non-hydrogen) atoms. The predicted molar refractivity (Wildman–Crippen MR) is 49.3 cm³/mol. The van der Waals surface area contributed by atoms with Gasteiger partial charge in [-0.2, -0.15) is 5.43 Å². The number of nitro benzene ring substituents is 1. The summed E-state index contributed by atoms with van der Waals surface area (Å²) in [5.74, 6) is 3.12. The van der Waals surface area contributed by atoms with Crippen LogP contribution >= 0.6 is 0 Å². The van der Waals surface area contributed by atoms with Crippen molar-refractivity contribution in [2.75, 3.05) is 0 Å². The lowest BCUT2D eigenvalue weighted by Crippen LogP contribution is -2.67. The van der Waals surface area contributed by atoms with Gasteiger partial charge in [-0.1, -0.05) is 0 Å². The summed E-state index contributed by atoms with van der Waals surface area (Å²) in [5, 5.41) is 10.3. The van der Waals surface area contributed by atoms with Crippen LogP contribution in [0.4, 0.5) is 10.5 Å². The molecule has 0 bridgehead atoms. The van der Waals surface area contributed by atoms with Gasteiger partial charge in [0.2, 0.25) is 0 Å². The van der Waals surface area contributed by atoms with Crippen LogP contribution in [0.2, 0.25) is 0 Å². The minimum atomic E-state index is -0.645. The third kappa shape index (κ3) is 3.24. The number of nitro groups is 1. The molecule has 1 aromatic rings. The first-order chi connectivity index (χ1) is 7.13.